The van der Waals surface area contributed by atoms with Gasteiger partial charge < -0.3 is 19.4 Å². The number of halogens is 2. The second-order valence-electron chi connectivity index (χ2n) is 6.51. The molecule has 1 aliphatic rings. The van der Waals surface area contributed by atoms with E-state index in [9.17, 15) is 0 Å². The molecular weight excluding hydrogens is 509 g/mol. The minimum absolute atomic E-state index is 0. The van der Waals surface area contributed by atoms with Crippen LogP contribution in [0.15, 0.2) is 34.0 Å². The van der Waals surface area contributed by atoms with Crippen molar-refractivity contribution in [2.75, 3.05) is 33.9 Å². The van der Waals surface area contributed by atoms with Crippen LogP contribution < -0.4 is 5.32 Å². The van der Waals surface area contributed by atoms with Crippen molar-refractivity contribution in [1.29, 1.82) is 0 Å². The molecule has 0 aliphatic carbocycles. The molecule has 3 rings (SSSR count). The van der Waals surface area contributed by atoms with E-state index in [4.69, 9.17) is 4.74 Å². The quantitative estimate of drug-likeness (QED) is 0.361. The molecule has 0 amide bonds. The van der Waals surface area contributed by atoms with Gasteiger partial charge in [0.1, 0.15) is 5.65 Å². The Morgan fingerprint density at radius 2 is 2.15 bits per heavy atom. The van der Waals surface area contributed by atoms with Gasteiger partial charge in [-0.25, -0.2) is 4.98 Å². The molecule has 1 N–H and O–H groups in total. The monoisotopic (exact) mass is 535 g/mol. The Morgan fingerprint density at radius 3 is 2.88 bits per heavy atom. The lowest BCUT2D eigenvalue weighted by Crippen LogP contribution is -2.39. The minimum atomic E-state index is 0. The number of imidazole rings is 1. The molecule has 1 fully saturated rings. The summed E-state index contributed by atoms with van der Waals surface area (Å²) in [7, 11) is 3.92. The highest BCUT2D eigenvalue weighted by molar-refractivity contribution is 14.0. The minimum Gasteiger partial charge on any atom is -0.381 e. The zero-order chi connectivity index (χ0) is 17.6. The fourth-order valence-electron chi connectivity index (χ4n) is 3.17. The number of hydrogen-bond donors (Lipinski definition) is 1. The van der Waals surface area contributed by atoms with E-state index in [0.717, 1.165) is 47.4 Å². The van der Waals surface area contributed by atoms with Crippen molar-refractivity contribution in [3.05, 3.63) is 34.7 Å². The predicted molar refractivity (Wildman–Crippen MR) is 119 cm³/mol. The number of hydrogen-bond acceptors (Lipinski definition) is 3. The molecule has 6 nitrogen and oxygen atoms in total. The maximum absolute atomic E-state index is 5.43. The molecule has 2 aromatic rings. The molecule has 0 bridgehead atoms. The first-order valence-electron chi connectivity index (χ1n) is 8.78. The highest BCUT2D eigenvalue weighted by atomic mass is 127. The van der Waals surface area contributed by atoms with Gasteiger partial charge in [-0.15, -0.1) is 24.0 Å². The maximum atomic E-state index is 5.43. The topological polar surface area (TPSA) is 54.2 Å². The van der Waals surface area contributed by atoms with Crippen LogP contribution in [0.2, 0.25) is 0 Å². The van der Waals surface area contributed by atoms with Crippen LogP contribution in [0.5, 0.6) is 0 Å². The van der Waals surface area contributed by atoms with Gasteiger partial charge in [0.15, 0.2) is 5.96 Å². The third-order valence-corrected chi connectivity index (χ3v) is 5.15. The van der Waals surface area contributed by atoms with Crippen LogP contribution in [-0.4, -0.2) is 54.1 Å². The largest absolute Gasteiger partial charge is 0.381 e. The number of rotatable bonds is 5. The van der Waals surface area contributed by atoms with Gasteiger partial charge in [-0.1, -0.05) is 0 Å². The van der Waals surface area contributed by atoms with Gasteiger partial charge in [0.25, 0.3) is 0 Å². The molecule has 144 valence electrons. The second kappa shape index (κ2) is 10.5. The van der Waals surface area contributed by atoms with E-state index in [1.54, 1.807) is 0 Å². The van der Waals surface area contributed by atoms with E-state index >= 15 is 0 Å². The number of aliphatic imine (C=N–C) groups is 1. The van der Waals surface area contributed by atoms with Gasteiger partial charge in [0, 0.05) is 50.7 Å². The van der Waals surface area contributed by atoms with Crippen LogP contribution in [0.3, 0.4) is 0 Å². The maximum Gasteiger partial charge on any atom is 0.193 e. The number of fused-ring (bicyclic) bond motifs is 1. The van der Waals surface area contributed by atoms with E-state index in [2.05, 4.69) is 43.2 Å². The normalized spacial score (nSPS) is 15.7. The zero-order valence-electron chi connectivity index (χ0n) is 15.3. The molecule has 0 atom stereocenters. The number of nitrogens with zero attached hydrogens (tertiary/aromatic N) is 4. The van der Waals surface area contributed by atoms with Crippen molar-refractivity contribution in [1.82, 2.24) is 19.6 Å². The molecule has 8 heteroatoms. The SMILES string of the molecule is CN=C(NCc1cn2cc(Br)ccc2n1)N(C)CCC1CCOCC1.I. The summed E-state index contributed by atoms with van der Waals surface area (Å²) >= 11 is 3.49. The van der Waals surface area contributed by atoms with Gasteiger partial charge in [-0.05, 0) is 53.2 Å². The van der Waals surface area contributed by atoms with Crippen molar-refractivity contribution >= 4 is 51.5 Å². The number of pyridine rings is 1. The Bertz CT molecular complexity index is 729. The fourth-order valence-corrected chi connectivity index (χ4v) is 3.53. The van der Waals surface area contributed by atoms with Crippen LogP contribution in [0.25, 0.3) is 5.65 Å². The highest BCUT2D eigenvalue weighted by Crippen LogP contribution is 2.18. The highest BCUT2D eigenvalue weighted by Gasteiger charge is 2.15. The first kappa shape index (κ1) is 21.4. The van der Waals surface area contributed by atoms with E-state index < -0.39 is 0 Å². The Hall–Kier alpha value is -0.870. The average molecular weight is 536 g/mol. The van der Waals surface area contributed by atoms with Crippen molar-refractivity contribution in [2.45, 2.75) is 25.8 Å². The summed E-state index contributed by atoms with van der Waals surface area (Å²) in [4.78, 5) is 11.2. The van der Waals surface area contributed by atoms with E-state index in [-0.39, 0.29) is 24.0 Å². The van der Waals surface area contributed by atoms with Gasteiger partial charge in [-0.2, -0.15) is 0 Å². The molecular formula is C18H27BrIN5O. The summed E-state index contributed by atoms with van der Waals surface area (Å²) in [6, 6.07) is 4.00. The molecule has 1 aliphatic heterocycles. The number of nitrogens with one attached hydrogen (secondary N) is 1. The lowest BCUT2D eigenvalue weighted by atomic mass is 9.96. The lowest BCUT2D eigenvalue weighted by molar-refractivity contribution is 0.0625. The molecule has 3 heterocycles. The smallest absolute Gasteiger partial charge is 0.193 e. The lowest BCUT2D eigenvalue weighted by Gasteiger charge is -2.26. The van der Waals surface area contributed by atoms with Gasteiger partial charge in [0.05, 0.1) is 12.2 Å². The van der Waals surface area contributed by atoms with Crippen LogP contribution >= 0.6 is 39.9 Å². The first-order valence-corrected chi connectivity index (χ1v) is 9.57. The molecule has 2 aromatic heterocycles. The van der Waals surface area contributed by atoms with Crippen LogP contribution in [0.1, 0.15) is 25.0 Å². The fraction of sp³-hybridized carbons (Fsp3) is 0.556. The van der Waals surface area contributed by atoms with Crippen molar-refractivity contribution in [2.24, 2.45) is 10.9 Å². The molecule has 26 heavy (non-hydrogen) atoms. The summed E-state index contributed by atoms with van der Waals surface area (Å²) in [5, 5.41) is 3.41. The summed E-state index contributed by atoms with van der Waals surface area (Å²) < 4.78 is 8.50. The van der Waals surface area contributed by atoms with Crippen molar-refractivity contribution < 1.29 is 4.74 Å². The standard InChI is InChI=1S/C18H26BrN5O.HI/c1-20-18(23(2)8-5-14-6-9-25-10-7-14)21-11-16-13-24-12-15(19)3-4-17(24)22-16;/h3-4,12-14H,5-11H2,1-2H3,(H,20,21);1H. The molecule has 0 saturated carbocycles. The number of guanidine groups is 1. The summed E-state index contributed by atoms with van der Waals surface area (Å²) in [5.74, 6) is 1.68. The first-order chi connectivity index (χ1) is 12.2. The Kier molecular flexibility index (Phi) is 8.62. The van der Waals surface area contributed by atoms with Crippen molar-refractivity contribution in [3.8, 4) is 0 Å². The second-order valence-corrected chi connectivity index (χ2v) is 7.43. The number of aromatic nitrogens is 2. The Labute approximate surface area is 180 Å². The number of ether oxygens (including phenoxy) is 1. The zero-order valence-corrected chi connectivity index (χ0v) is 19.2. The molecule has 0 spiro atoms. The van der Waals surface area contributed by atoms with Gasteiger partial charge >= 0.3 is 0 Å². The van der Waals surface area contributed by atoms with Crippen molar-refractivity contribution in [3.63, 3.8) is 0 Å². The van der Waals surface area contributed by atoms with Crippen LogP contribution in [0.4, 0.5) is 0 Å². The molecule has 0 radical (unpaired) electrons. The van der Waals surface area contributed by atoms with Gasteiger partial charge in [-0.3, -0.25) is 4.99 Å². The summed E-state index contributed by atoms with van der Waals surface area (Å²) in [6.07, 6.45) is 7.60. The predicted octanol–water partition coefficient (Wildman–Crippen LogP) is 3.54. The Morgan fingerprint density at radius 1 is 1.38 bits per heavy atom. The third kappa shape index (κ3) is 5.82. The molecule has 0 aromatic carbocycles. The van der Waals surface area contributed by atoms with E-state index in [1.165, 1.54) is 19.3 Å². The van der Waals surface area contributed by atoms with E-state index in [0.29, 0.717) is 6.54 Å². The summed E-state index contributed by atoms with van der Waals surface area (Å²) in [6.45, 7) is 3.48. The average Bonchev–Trinajstić information content (AvgIpc) is 3.03. The van der Waals surface area contributed by atoms with Crippen LogP contribution in [-0.2, 0) is 11.3 Å². The Balaban J connectivity index is 0.00000243. The van der Waals surface area contributed by atoms with Crippen LogP contribution in [0, 0.1) is 5.92 Å². The molecule has 0 unspecified atom stereocenters. The van der Waals surface area contributed by atoms with Gasteiger partial charge in [0.2, 0.25) is 0 Å². The third-order valence-electron chi connectivity index (χ3n) is 4.68. The summed E-state index contributed by atoms with van der Waals surface area (Å²) in [5.41, 5.74) is 1.94. The van der Waals surface area contributed by atoms with E-state index in [1.807, 2.05) is 36.0 Å². The molecule has 1 saturated heterocycles.